The Morgan fingerprint density at radius 2 is 1.94 bits per heavy atom. The first-order valence-corrected chi connectivity index (χ1v) is 5.70. The van der Waals surface area contributed by atoms with Gasteiger partial charge in [0.05, 0.1) is 0 Å². The van der Waals surface area contributed by atoms with E-state index in [0.717, 1.165) is 12.0 Å². The smallest absolute Gasteiger partial charge is 0.333 e. The van der Waals surface area contributed by atoms with E-state index >= 15 is 0 Å². The van der Waals surface area contributed by atoms with Crippen molar-refractivity contribution in [2.45, 2.75) is 12.8 Å². The van der Waals surface area contributed by atoms with Crippen molar-refractivity contribution in [2.24, 2.45) is 0 Å². The molecule has 1 rings (SSSR count). The van der Waals surface area contributed by atoms with Gasteiger partial charge in [0, 0.05) is 12.0 Å². The van der Waals surface area contributed by atoms with Crippen molar-refractivity contribution in [1.82, 2.24) is 0 Å². The van der Waals surface area contributed by atoms with E-state index in [0.29, 0.717) is 12.0 Å². The van der Waals surface area contributed by atoms with Crippen LogP contribution in [-0.2, 0) is 14.3 Å². The highest BCUT2D eigenvalue weighted by Gasteiger charge is 2.07. The van der Waals surface area contributed by atoms with Crippen LogP contribution in [0.5, 0.6) is 5.75 Å². The predicted molar refractivity (Wildman–Crippen MR) is 67.3 cm³/mol. The summed E-state index contributed by atoms with van der Waals surface area (Å²) in [6.07, 6.45) is 1.37. The average Bonchev–Trinajstić information content (AvgIpc) is 2.41. The number of hydrogen-bond donors (Lipinski definition) is 0. The highest BCUT2D eigenvalue weighted by atomic mass is 16.6. The Kier molecular flexibility index (Phi) is 6.25. The van der Waals surface area contributed by atoms with E-state index in [1.807, 2.05) is 30.3 Å². The summed E-state index contributed by atoms with van der Waals surface area (Å²) in [6, 6.07) is 9.27. The number of esters is 1. The monoisotopic (exact) mass is 248 g/mol. The third kappa shape index (κ3) is 5.30. The number of benzene rings is 1. The zero-order valence-corrected chi connectivity index (χ0v) is 10.1. The van der Waals surface area contributed by atoms with Crippen LogP contribution in [0, 0.1) is 0 Å². The fourth-order valence-electron chi connectivity index (χ4n) is 1.25. The van der Waals surface area contributed by atoms with Gasteiger partial charge in [-0.3, -0.25) is 0 Å². The van der Waals surface area contributed by atoms with Crippen LogP contribution >= 0.6 is 0 Å². The van der Waals surface area contributed by atoms with Crippen LogP contribution in [0.3, 0.4) is 0 Å². The molecule has 0 aliphatic carbocycles. The lowest BCUT2D eigenvalue weighted by atomic mass is 10.2. The SMILES string of the molecule is C=C(CCC=O)C(=O)OCCOc1ccccc1. The van der Waals surface area contributed by atoms with E-state index in [4.69, 9.17) is 9.47 Å². The summed E-state index contributed by atoms with van der Waals surface area (Å²) in [5.74, 6) is 0.252. The van der Waals surface area contributed by atoms with E-state index in [9.17, 15) is 9.59 Å². The Bertz CT molecular complexity index is 398. The molecule has 4 nitrogen and oxygen atoms in total. The zero-order chi connectivity index (χ0) is 13.2. The zero-order valence-electron chi connectivity index (χ0n) is 10.1. The summed E-state index contributed by atoms with van der Waals surface area (Å²) in [5.41, 5.74) is 0.307. The molecule has 0 aromatic heterocycles. The lowest BCUT2D eigenvalue weighted by Crippen LogP contribution is -2.13. The number of ether oxygens (including phenoxy) is 2. The van der Waals surface area contributed by atoms with Crippen molar-refractivity contribution < 1.29 is 19.1 Å². The second kappa shape index (κ2) is 8.06. The molecule has 4 heteroatoms. The molecular weight excluding hydrogens is 232 g/mol. The van der Waals surface area contributed by atoms with Crippen molar-refractivity contribution in [3.63, 3.8) is 0 Å². The van der Waals surface area contributed by atoms with Crippen molar-refractivity contribution in [2.75, 3.05) is 13.2 Å². The molecule has 0 fully saturated rings. The van der Waals surface area contributed by atoms with Gasteiger partial charge >= 0.3 is 5.97 Å². The highest BCUT2D eigenvalue weighted by Crippen LogP contribution is 2.08. The van der Waals surface area contributed by atoms with Gasteiger partial charge in [-0.05, 0) is 18.6 Å². The Balaban J connectivity index is 2.16. The molecule has 0 atom stereocenters. The van der Waals surface area contributed by atoms with Gasteiger partial charge in [-0.25, -0.2) is 4.79 Å². The molecule has 96 valence electrons. The third-order valence-electron chi connectivity index (χ3n) is 2.18. The topological polar surface area (TPSA) is 52.6 Å². The lowest BCUT2D eigenvalue weighted by molar-refractivity contribution is -0.139. The van der Waals surface area contributed by atoms with Gasteiger partial charge < -0.3 is 14.3 Å². The molecule has 0 N–H and O–H groups in total. The fourth-order valence-corrected chi connectivity index (χ4v) is 1.25. The largest absolute Gasteiger partial charge is 0.490 e. The van der Waals surface area contributed by atoms with E-state index in [2.05, 4.69) is 6.58 Å². The van der Waals surface area contributed by atoms with Crippen LogP contribution in [0.2, 0.25) is 0 Å². The highest BCUT2D eigenvalue weighted by molar-refractivity contribution is 5.88. The molecule has 0 radical (unpaired) electrons. The predicted octanol–water partition coefficient (Wildman–Crippen LogP) is 2.14. The number of aldehydes is 1. The average molecular weight is 248 g/mol. The fraction of sp³-hybridized carbons (Fsp3) is 0.286. The quantitative estimate of drug-likeness (QED) is 0.306. The Morgan fingerprint density at radius 1 is 1.22 bits per heavy atom. The summed E-state index contributed by atoms with van der Waals surface area (Å²) in [7, 11) is 0. The minimum atomic E-state index is -0.478. The Morgan fingerprint density at radius 3 is 2.61 bits per heavy atom. The lowest BCUT2D eigenvalue weighted by Gasteiger charge is -2.07. The molecule has 0 spiro atoms. The third-order valence-corrected chi connectivity index (χ3v) is 2.18. The first-order valence-electron chi connectivity index (χ1n) is 5.70. The van der Waals surface area contributed by atoms with Crippen LogP contribution in [-0.4, -0.2) is 25.5 Å². The molecule has 0 amide bonds. The van der Waals surface area contributed by atoms with Crippen LogP contribution in [0.25, 0.3) is 0 Å². The van der Waals surface area contributed by atoms with Crippen LogP contribution in [0.1, 0.15) is 12.8 Å². The molecule has 0 unspecified atom stereocenters. The molecule has 0 bridgehead atoms. The maximum atomic E-state index is 11.4. The summed E-state index contributed by atoms with van der Waals surface area (Å²) < 4.78 is 10.3. The minimum absolute atomic E-state index is 0.161. The molecule has 18 heavy (non-hydrogen) atoms. The first kappa shape index (κ1) is 14.0. The second-order valence-corrected chi connectivity index (χ2v) is 3.61. The minimum Gasteiger partial charge on any atom is -0.490 e. The van der Waals surface area contributed by atoms with E-state index < -0.39 is 5.97 Å². The van der Waals surface area contributed by atoms with Gasteiger partial charge in [-0.2, -0.15) is 0 Å². The number of para-hydroxylation sites is 1. The van der Waals surface area contributed by atoms with Gasteiger partial charge in [0.25, 0.3) is 0 Å². The number of hydrogen-bond acceptors (Lipinski definition) is 4. The standard InChI is InChI=1S/C14H16O4/c1-12(6-5-9-15)14(16)18-11-10-17-13-7-3-2-4-8-13/h2-4,7-9H,1,5-6,10-11H2. The maximum absolute atomic E-state index is 11.4. The molecular formula is C14H16O4. The molecule has 1 aromatic carbocycles. The van der Waals surface area contributed by atoms with E-state index in [1.165, 1.54) is 0 Å². The van der Waals surface area contributed by atoms with Gasteiger partial charge in [-0.1, -0.05) is 24.8 Å². The summed E-state index contributed by atoms with van der Waals surface area (Å²) in [4.78, 5) is 21.5. The van der Waals surface area contributed by atoms with Crippen LogP contribution < -0.4 is 4.74 Å². The summed E-state index contributed by atoms with van der Waals surface area (Å²) in [6.45, 7) is 4.00. The van der Waals surface area contributed by atoms with Crippen molar-refractivity contribution in [3.8, 4) is 5.75 Å². The molecule has 0 saturated heterocycles. The first-order chi connectivity index (χ1) is 8.74. The van der Waals surface area contributed by atoms with Crippen molar-refractivity contribution in [3.05, 3.63) is 42.5 Å². The van der Waals surface area contributed by atoms with Crippen LogP contribution in [0.4, 0.5) is 0 Å². The number of carbonyl (C=O) groups is 2. The molecule has 0 aliphatic heterocycles. The molecule has 0 aliphatic rings. The van der Waals surface area contributed by atoms with E-state index in [-0.39, 0.29) is 19.6 Å². The molecule has 0 heterocycles. The van der Waals surface area contributed by atoms with Crippen molar-refractivity contribution in [1.29, 1.82) is 0 Å². The number of rotatable bonds is 8. The summed E-state index contributed by atoms with van der Waals surface area (Å²) in [5, 5.41) is 0. The van der Waals surface area contributed by atoms with Gasteiger partial charge in [0.2, 0.25) is 0 Å². The molecule has 1 aromatic rings. The van der Waals surface area contributed by atoms with Gasteiger partial charge in [0.1, 0.15) is 25.2 Å². The maximum Gasteiger partial charge on any atom is 0.333 e. The summed E-state index contributed by atoms with van der Waals surface area (Å²) >= 11 is 0. The van der Waals surface area contributed by atoms with Gasteiger partial charge in [0.15, 0.2) is 0 Å². The normalized spacial score (nSPS) is 9.56. The van der Waals surface area contributed by atoms with Crippen molar-refractivity contribution >= 4 is 12.3 Å². The van der Waals surface area contributed by atoms with Gasteiger partial charge in [-0.15, -0.1) is 0 Å². The van der Waals surface area contributed by atoms with Crippen LogP contribution in [0.15, 0.2) is 42.5 Å². The molecule has 0 saturated carbocycles. The Labute approximate surface area is 106 Å². The number of carbonyl (C=O) groups excluding carboxylic acids is 2. The second-order valence-electron chi connectivity index (χ2n) is 3.61. The Hall–Kier alpha value is -2.10. The van der Waals surface area contributed by atoms with E-state index in [1.54, 1.807) is 0 Å².